The lowest BCUT2D eigenvalue weighted by molar-refractivity contribution is 0.379. The number of fused-ring (bicyclic) bond motifs is 1. The van der Waals surface area contributed by atoms with E-state index in [0.717, 1.165) is 52.6 Å². The molecule has 2 aromatic carbocycles. The first-order chi connectivity index (χ1) is 12.3. The van der Waals surface area contributed by atoms with E-state index in [-0.39, 0.29) is 24.0 Å². The van der Waals surface area contributed by atoms with Gasteiger partial charge in [-0.2, -0.15) is 0 Å². The van der Waals surface area contributed by atoms with Gasteiger partial charge in [0.25, 0.3) is 0 Å². The van der Waals surface area contributed by atoms with Crippen LogP contribution < -0.4 is 10.1 Å². The molecule has 3 aromatic rings. The topological polar surface area (TPSA) is 62.9 Å². The smallest absolute Gasteiger partial charge is 0.194 e. The fourth-order valence-electron chi connectivity index (χ4n) is 3.09. The Morgan fingerprint density at radius 2 is 2.08 bits per heavy atom. The lowest BCUT2D eigenvalue weighted by Gasteiger charge is -2.13. The van der Waals surface area contributed by atoms with Gasteiger partial charge in [-0.15, -0.1) is 24.0 Å². The fourth-order valence-corrected chi connectivity index (χ4v) is 3.09. The van der Waals surface area contributed by atoms with Crippen LogP contribution in [0.25, 0.3) is 22.0 Å². The number of methoxy groups -OCH3 is 1. The SMILES string of the molecule is COc1ccc2ccccc2c1-c1cc(CNC2=NCCN2C)on1.I. The molecule has 0 saturated carbocycles. The lowest BCUT2D eigenvalue weighted by atomic mass is 10.0. The number of aromatic nitrogens is 1. The van der Waals surface area contributed by atoms with Crippen molar-refractivity contribution in [3.05, 3.63) is 48.2 Å². The second kappa shape index (κ2) is 7.94. The van der Waals surface area contributed by atoms with Crippen LogP contribution in [0, 0.1) is 0 Å². The minimum Gasteiger partial charge on any atom is -0.496 e. The number of aliphatic imine (C=N–C) groups is 1. The van der Waals surface area contributed by atoms with Crippen molar-refractivity contribution < 1.29 is 9.26 Å². The van der Waals surface area contributed by atoms with E-state index in [1.165, 1.54) is 0 Å². The van der Waals surface area contributed by atoms with Crippen molar-refractivity contribution in [1.82, 2.24) is 15.4 Å². The highest BCUT2D eigenvalue weighted by Gasteiger charge is 2.16. The molecule has 0 amide bonds. The van der Waals surface area contributed by atoms with Gasteiger partial charge in [-0.3, -0.25) is 4.99 Å². The van der Waals surface area contributed by atoms with E-state index >= 15 is 0 Å². The first kappa shape index (κ1) is 18.5. The van der Waals surface area contributed by atoms with Gasteiger partial charge < -0.3 is 19.5 Å². The zero-order valence-electron chi connectivity index (χ0n) is 14.7. The van der Waals surface area contributed by atoms with Crippen molar-refractivity contribution in [2.45, 2.75) is 6.54 Å². The van der Waals surface area contributed by atoms with E-state index in [0.29, 0.717) is 6.54 Å². The molecule has 1 aliphatic heterocycles. The normalized spacial score (nSPS) is 13.5. The van der Waals surface area contributed by atoms with Crippen LogP contribution in [0.4, 0.5) is 0 Å². The Morgan fingerprint density at radius 1 is 1.23 bits per heavy atom. The van der Waals surface area contributed by atoms with Crippen LogP contribution in [-0.2, 0) is 6.54 Å². The standard InChI is InChI=1S/C19H20N4O2.HI/c1-23-10-9-20-19(23)21-12-14-11-16(22-25-14)18-15-6-4-3-5-13(15)7-8-17(18)24-2;/h3-8,11H,9-10,12H2,1-2H3,(H,20,21);1H. The predicted octanol–water partition coefficient (Wildman–Crippen LogP) is 3.51. The van der Waals surface area contributed by atoms with Crippen LogP contribution in [0.15, 0.2) is 52.0 Å². The van der Waals surface area contributed by atoms with Gasteiger partial charge in [0.15, 0.2) is 11.7 Å². The summed E-state index contributed by atoms with van der Waals surface area (Å²) in [7, 11) is 3.69. The number of rotatable bonds is 4. The molecule has 0 radical (unpaired) electrons. The average molecular weight is 464 g/mol. The third-order valence-electron chi connectivity index (χ3n) is 4.41. The largest absolute Gasteiger partial charge is 0.496 e. The Labute approximate surface area is 169 Å². The Morgan fingerprint density at radius 3 is 2.85 bits per heavy atom. The summed E-state index contributed by atoms with van der Waals surface area (Å²) in [6, 6.07) is 14.2. The molecule has 0 fully saturated rings. The highest BCUT2D eigenvalue weighted by atomic mass is 127. The van der Waals surface area contributed by atoms with E-state index in [4.69, 9.17) is 9.26 Å². The molecule has 0 spiro atoms. The molecular weight excluding hydrogens is 443 g/mol. The maximum Gasteiger partial charge on any atom is 0.194 e. The molecule has 2 heterocycles. The molecule has 136 valence electrons. The van der Waals surface area contributed by atoms with Crippen molar-refractivity contribution in [3.63, 3.8) is 0 Å². The second-order valence-corrected chi connectivity index (χ2v) is 6.02. The van der Waals surface area contributed by atoms with Gasteiger partial charge >= 0.3 is 0 Å². The number of hydrogen-bond donors (Lipinski definition) is 1. The number of nitrogens with zero attached hydrogens (tertiary/aromatic N) is 3. The van der Waals surface area contributed by atoms with Crippen molar-refractivity contribution in [2.24, 2.45) is 4.99 Å². The number of nitrogens with one attached hydrogen (secondary N) is 1. The van der Waals surface area contributed by atoms with Crippen LogP contribution in [0.3, 0.4) is 0 Å². The third kappa shape index (κ3) is 3.48. The maximum atomic E-state index is 5.55. The molecule has 0 saturated heterocycles. The number of guanidine groups is 1. The molecule has 6 nitrogen and oxygen atoms in total. The summed E-state index contributed by atoms with van der Waals surface area (Å²) >= 11 is 0. The molecule has 1 N–H and O–H groups in total. The highest BCUT2D eigenvalue weighted by Crippen LogP contribution is 2.36. The molecule has 26 heavy (non-hydrogen) atoms. The van der Waals surface area contributed by atoms with Gasteiger partial charge in [0.1, 0.15) is 11.4 Å². The molecule has 4 rings (SSSR count). The summed E-state index contributed by atoms with van der Waals surface area (Å²) in [5.74, 6) is 2.43. The monoisotopic (exact) mass is 464 g/mol. The van der Waals surface area contributed by atoms with E-state index < -0.39 is 0 Å². The molecule has 7 heteroatoms. The Kier molecular flexibility index (Phi) is 5.65. The number of likely N-dealkylation sites (N-methyl/N-ethyl adjacent to an activating group) is 1. The minimum absolute atomic E-state index is 0. The molecule has 1 aliphatic rings. The second-order valence-electron chi connectivity index (χ2n) is 6.02. The minimum atomic E-state index is 0. The number of hydrogen-bond acceptors (Lipinski definition) is 6. The summed E-state index contributed by atoms with van der Waals surface area (Å²) in [4.78, 5) is 6.50. The lowest BCUT2D eigenvalue weighted by Crippen LogP contribution is -2.34. The van der Waals surface area contributed by atoms with Crippen molar-refractivity contribution in [1.29, 1.82) is 0 Å². The molecule has 1 aromatic heterocycles. The Balaban J connectivity index is 0.00000196. The number of benzene rings is 2. The van der Waals surface area contributed by atoms with Gasteiger partial charge in [-0.1, -0.05) is 35.5 Å². The molecule has 0 bridgehead atoms. The maximum absolute atomic E-state index is 5.55. The summed E-state index contributed by atoms with van der Waals surface area (Å²) in [5, 5.41) is 9.78. The predicted molar refractivity (Wildman–Crippen MR) is 113 cm³/mol. The zero-order chi connectivity index (χ0) is 17.2. The third-order valence-corrected chi connectivity index (χ3v) is 4.41. The van der Waals surface area contributed by atoms with E-state index in [1.807, 2.05) is 37.4 Å². The van der Waals surface area contributed by atoms with Gasteiger partial charge in [-0.25, -0.2) is 0 Å². The van der Waals surface area contributed by atoms with Gasteiger partial charge in [-0.05, 0) is 16.8 Å². The Hall–Kier alpha value is -2.29. The first-order valence-electron chi connectivity index (χ1n) is 8.27. The average Bonchev–Trinajstić information content (AvgIpc) is 3.27. The quantitative estimate of drug-likeness (QED) is 0.599. The zero-order valence-corrected chi connectivity index (χ0v) is 17.1. The molecule has 0 atom stereocenters. The van der Waals surface area contributed by atoms with Crippen molar-refractivity contribution in [3.8, 4) is 17.0 Å². The van der Waals surface area contributed by atoms with E-state index in [9.17, 15) is 0 Å². The van der Waals surface area contributed by atoms with Crippen LogP contribution in [0.1, 0.15) is 5.76 Å². The first-order valence-corrected chi connectivity index (χ1v) is 8.27. The van der Waals surface area contributed by atoms with Crippen LogP contribution in [0.5, 0.6) is 5.75 Å². The van der Waals surface area contributed by atoms with Crippen LogP contribution in [-0.4, -0.2) is 43.3 Å². The van der Waals surface area contributed by atoms with Gasteiger partial charge in [0.2, 0.25) is 0 Å². The summed E-state index contributed by atoms with van der Waals surface area (Å²) < 4.78 is 11.1. The van der Waals surface area contributed by atoms with E-state index in [2.05, 4.69) is 32.5 Å². The van der Waals surface area contributed by atoms with Crippen LogP contribution in [0.2, 0.25) is 0 Å². The highest BCUT2D eigenvalue weighted by molar-refractivity contribution is 14.0. The number of halogens is 1. The summed E-state index contributed by atoms with van der Waals surface area (Å²) in [5.41, 5.74) is 1.72. The fraction of sp³-hybridized carbons (Fsp3) is 0.263. The van der Waals surface area contributed by atoms with E-state index in [1.54, 1.807) is 7.11 Å². The van der Waals surface area contributed by atoms with Crippen molar-refractivity contribution >= 4 is 40.7 Å². The van der Waals surface area contributed by atoms with Crippen LogP contribution >= 0.6 is 24.0 Å². The Bertz CT molecular complexity index is 938. The summed E-state index contributed by atoms with van der Waals surface area (Å²) in [6.07, 6.45) is 0. The van der Waals surface area contributed by atoms with Gasteiger partial charge in [0, 0.05) is 19.7 Å². The summed E-state index contributed by atoms with van der Waals surface area (Å²) in [6.45, 7) is 2.31. The number of ether oxygens (including phenoxy) is 1. The molecule has 0 unspecified atom stereocenters. The molecule has 0 aliphatic carbocycles. The van der Waals surface area contributed by atoms with Crippen molar-refractivity contribution in [2.75, 3.05) is 27.2 Å². The van der Waals surface area contributed by atoms with Gasteiger partial charge in [0.05, 0.1) is 25.8 Å². The molecular formula is C19H21IN4O2.